The number of aliphatic hydroxyl groups is 1. The van der Waals surface area contributed by atoms with Gasteiger partial charge in [0, 0.05) is 10.9 Å². The van der Waals surface area contributed by atoms with E-state index in [1.807, 2.05) is 0 Å². The van der Waals surface area contributed by atoms with Crippen LogP contribution >= 0.6 is 23.2 Å². The van der Waals surface area contributed by atoms with Gasteiger partial charge in [0.1, 0.15) is 0 Å². The van der Waals surface area contributed by atoms with Gasteiger partial charge in [0.2, 0.25) is 0 Å². The van der Waals surface area contributed by atoms with Crippen molar-refractivity contribution in [1.29, 1.82) is 0 Å². The largest absolute Gasteiger partial charge is 0.505 e. The second-order valence-corrected chi connectivity index (χ2v) is 9.11. The van der Waals surface area contributed by atoms with Crippen LogP contribution in [-0.4, -0.2) is 32.2 Å². The van der Waals surface area contributed by atoms with Gasteiger partial charge < -0.3 is 15.5 Å². The third-order valence-corrected chi connectivity index (χ3v) is 6.34. The number of phenolic OH excluding ortho intramolecular Hbond substituents is 1. The Balaban J connectivity index is 2.01. The zero-order chi connectivity index (χ0) is 22.9. The lowest BCUT2D eigenvalue weighted by atomic mass is 9.63. The third kappa shape index (κ3) is 3.21. The predicted molar refractivity (Wildman–Crippen MR) is 109 cm³/mol. The molecule has 0 amide bonds. The number of hydrogen-bond donors (Lipinski definition) is 4. The van der Waals surface area contributed by atoms with Gasteiger partial charge in [-0.2, -0.15) is 18.3 Å². The predicted octanol–water partition coefficient (Wildman–Crippen LogP) is 5.84. The van der Waals surface area contributed by atoms with Gasteiger partial charge in [0.05, 0.1) is 33.5 Å². The normalized spacial score (nSPS) is 23.1. The third-order valence-electron chi connectivity index (χ3n) is 5.75. The summed E-state index contributed by atoms with van der Waals surface area (Å²) in [6.07, 6.45) is -4.55. The van der Waals surface area contributed by atoms with Crippen LogP contribution in [0.15, 0.2) is 24.4 Å². The van der Waals surface area contributed by atoms with Crippen LogP contribution in [0.4, 0.5) is 23.2 Å². The van der Waals surface area contributed by atoms with Gasteiger partial charge in [0.15, 0.2) is 17.2 Å². The Hall–Kier alpha value is -2.23. The fourth-order valence-corrected chi connectivity index (χ4v) is 4.86. The molecule has 1 heterocycles. The summed E-state index contributed by atoms with van der Waals surface area (Å²) in [5.74, 6) is -1.99. The first-order valence-corrected chi connectivity index (χ1v) is 9.92. The molecule has 1 aliphatic rings. The number of rotatable bonds is 2. The average molecular weight is 478 g/mol. The lowest BCUT2D eigenvalue weighted by molar-refractivity contribution is -0.276. The molecule has 0 saturated heterocycles. The van der Waals surface area contributed by atoms with Crippen molar-refractivity contribution in [1.82, 2.24) is 10.2 Å². The summed E-state index contributed by atoms with van der Waals surface area (Å²) in [4.78, 5) is 0. The van der Waals surface area contributed by atoms with Crippen molar-refractivity contribution >= 4 is 39.8 Å². The van der Waals surface area contributed by atoms with Gasteiger partial charge in [-0.15, -0.1) is 0 Å². The topological polar surface area (TPSA) is 81.2 Å². The van der Waals surface area contributed by atoms with Crippen LogP contribution in [-0.2, 0) is 5.41 Å². The van der Waals surface area contributed by atoms with Crippen molar-refractivity contribution in [3.63, 3.8) is 0 Å². The average Bonchev–Trinajstić information content (AvgIpc) is 3.11. The number of H-pyrrole nitrogens is 1. The molecule has 11 heteroatoms. The molecule has 4 N–H and O–H groups in total. The van der Waals surface area contributed by atoms with Crippen LogP contribution in [0.2, 0.25) is 10.0 Å². The molecule has 0 bridgehead atoms. The number of alkyl halides is 3. The Kier molecular flexibility index (Phi) is 4.88. The van der Waals surface area contributed by atoms with Gasteiger partial charge in [-0.1, -0.05) is 37.0 Å². The summed E-state index contributed by atoms with van der Waals surface area (Å²) in [6.45, 7) is 2.77. The van der Waals surface area contributed by atoms with Crippen molar-refractivity contribution in [2.24, 2.45) is 0 Å². The Morgan fingerprint density at radius 2 is 1.90 bits per heavy atom. The number of aromatic nitrogens is 2. The maximum atomic E-state index is 14.4. The van der Waals surface area contributed by atoms with E-state index in [9.17, 15) is 27.8 Å². The number of hydrogen-bond acceptors (Lipinski definition) is 4. The number of aromatic amines is 1. The summed E-state index contributed by atoms with van der Waals surface area (Å²) in [6, 6.07) is 2.20. The molecule has 2 aromatic carbocycles. The molecule has 4 rings (SSSR count). The molecule has 1 aliphatic carbocycles. The standard InChI is InChI=1S/C20H17Cl2F4N3O2/c1-18(2)7-19(31,20(24,25)26)17(8-5-11(22)14(23)16(30)13(8)18)28-15-9-6-27-29-12(9)4-3-10(15)21/h3-6,17,28,30-31H,7H2,1-2H3,(H,27,29). The smallest absolute Gasteiger partial charge is 0.419 e. The number of anilines is 1. The van der Waals surface area contributed by atoms with Gasteiger partial charge in [0.25, 0.3) is 0 Å². The van der Waals surface area contributed by atoms with Crippen LogP contribution in [0.1, 0.15) is 37.4 Å². The summed E-state index contributed by atoms with van der Waals surface area (Å²) in [7, 11) is 0. The van der Waals surface area contributed by atoms with Crippen LogP contribution in [0, 0.1) is 5.82 Å². The van der Waals surface area contributed by atoms with E-state index in [1.165, 1.54) is 26.1 Å². The van der Waals surface area contributed by atoms with Gasteiger partial charge in [-0.3, -0.25) is 5.10 Å². The summed E-state index contributed by atoms with van der Waals surface area (Å²) >= 11 is 12.1. The van der Waals surface area contributed by atoms with Crippen LogP contribution < -0.4 is 5.32 Å². The number of benzene rings is 2. The number of aromatic hydroxyl groups is 1. The first-order valence-electron chi connectivity index (χ1n) is 9.16. The number of nitrogens with zero attached hydrogens (tertiary/aromatic N) is 1. The van der Waals surface area contributed by atoms with E-state index in [4.69, 9.17) is 23.2 Å². The molecular weight excluding hydrogens is 461 g/mol. The van der Waals surface area contributed by atoms with Crippen LogP contribution in [0.5, 0.6) is 5.75 Å². The molecule has 2 unspecified atom stereocenters. The molecular formula is C20H17Cl2F4N3O2. The van der Waals surface area contributed by atoms with E-state index in [0.717, 1.165) is 6.07 Å². The Labute approximate surface area is 184 Å². The first-order chi connectivity index (χ1) is 14.3. The molecule has 0 radical (unpaired) electrons. The minimum absolute atomic E-state index is 0.0729. The van der Waals surface area contributed by atoms with E-state index in [1.54, 1.807) is 6.07 Å². The number of halogens is 6. The number of phenols is 1. The molecule has 166 valence electrons. The Morgan fingerprint density at radius 3 is 2.55 bits per heavy atom. The quantitative estimate of drug-likeness (QED) is 0.349. The summed E-state index contributed by atoms with van der Waals surface area (Å²) in [5.41, 5.74) is -4.39. The molecule has 31 heavy (non-hydrogen) atoms. The maximum Gasteiger partial charge on any atom is 0.419 e. The fraction of sp³-hybridized carbons (Fsp3) is 0.350. The molecule has 3 aromatic rings. The highest BCUT2D eigenvalue weighted by Crippen LogP contribution is 2.57. The van der Waals surface area contributed by atoms with Crippen molar-refractivity contribution in [2.45, 2.75) is 43.5 Å². The zero-order valence-electron chi connectivity index (χ0n) is 16.2. The monoisotopic (exact) mass is 477 g/mol. The Bertz CT molecular complexity index is 1200. The highest BCUT2D eigenvalue weighted by atomic mass is 35.5. The highest BCUT2D eigenvalue weighted by Gasteiger charge is 2.64. The minimum atomic E-state index is -5.08. The molecule has 0 spiro atoms. The number of nitrogens with one attached hydrogen (secondary N) is 2. The number of fused-ring (bicyclic) bond motifs is 2. The second-order valence-electron chi connectivity index (χ2n) is 8.30. The molecule has 2 atom stereocenters. The fourth-order valence-electron chi connectivity index (χ4n) is 4.43. The van der Waals surface area contributed by atoms with Crippen molar-refractivity contribution in [3.8, 4) is 5.75 Å². The zero-order valence-corrected chi connectivity index (χ0v) is 17.7. The molecule has 5 nitrogen and oxygen atoms in total. The van der Waals surface area contributed by atoms with E-state index in [0.29, 0.717) is 10.9 Å². The molecule has 1 aromatic heterocycles. The summed E-state index contributed by atoms with van der Waals surface area (Å²) in [5, 5.41) is 30.6. The Morgan fingerprint density at radius 1 is 1.23 bits per heavy atom. The molecule has 0 saturated carbocycles. The van der Waals surface area contributed by atoms with E-state index in [2.05, 4.69) is 15.5 Å². The van der Waals surface area contributed by atoms with E-state index < -0.39 is 46.2 Å². The van der Waals surface area contributed by atoms with Crippen LogP contribution in [0.25, 0.3) is 10.9 Å². The van der Waals surface area contributed by atoms with Gasteiger partial charge >= 0.3 is 6.18 Å². The first kappa shape index (κ1) is 22.0. The van der Waals surface area contributed by atoms with Gasteiger partial charge in [-0.05, 0) is 35.6 Å². The maximum absolute atomic E-state index is 14.4. The lowest BCUT2D eigenvalue weighted by Crippen LogP contribution is -2.58. The molecule has 0 aliphatic heterocycles. The minimum Gasteiger partial charge on any atom is -0.505 e. The highest BCUT2D eigenvalue weighted by molar-refractivity contribution is 6.35. The van der Waals surface area contributed by atoms with E-state index >= 15 is 0 Å². The second kappa shape index (κ2) is 6.88. The SMILES string of the molecule is CC1(C)CC(O)(C(F)(F)F)C(Nc2c(Cl)ccc3[nH]ncc23)c2cc(Cl)c(F)c(O)c21. The van der Waals surface area contributed by atoms with Crippen LogP contribution in [0.3, 0.4) is 0 Å². The van der Waals surface area contributed by atoms with Crippen molar-refractivity contribution in [3.05, 3.63) is 51.4 Å². The molecule has 0 fully saturated rings. The van der Waals surface area contributed by atoms with E-state index in [-0.39, 0.29) is 21.8 Å². The summed E-state index contributed by atoms with van der Waals surface area (Å²) < 4.78 is 57.1. The van der Waals surface area contributed by atoms with Crippen molar-refractivity contribution in [2.75, 3.05) is 5.32 Å². The van der Waals surface area contributed by atoms with Gasteiger partial charge in [-0.25, -0.2) is 4.39 Å². The lowest BCUT2D eigenvalue weighted by Gasteiger charge is -2.49. The van der Waals surface area contributed by atoms with Crippen molar-refractivity contribution < 1.29 is 27.8 Å².